The van der Waals surface area contributed by atoms with Gasteiger partial charge in [-0.15, -0.1) is 0 Å². The molecule has 0 saturated carbocycles. The Morgan fingerprint density at radius 3 is 2.68 bits per heavy atom. The molecule has 41 heavy (non-hydrogen) atoms. The quantitative estimate of drug-likeness (QED) is 0.442. The second-order valence-electron chi connectivity index (χ2n) is 10.00. The molecular formula is C31H33FN4O5. The Morgan fingerprint density at radius 2 is 1.98 bits per heavy atom. The molecule has 3 atom stereocenters. The molecule has 1 aromatic heterocycles. The number of nitrogens with zero attached hydrogens (tertiary/aromatic N) is 3. The Labute approximate surface area is 238 Å². The predicted octanol–water partition coefficient (Wildman–Crippen LogP) is 4.01. The van der Waals surface area contributed by atoms with Gasteiger partial charge in [-0.3, -0.25) is 4.79 Å². The second kappa shape index (κ2) is 13.2. The minimum Gasteiger partial charge on any atom is -0.497 e. The van der Waals surface area contributed by atoms with E-state index >= 15 is 0 Å². The summed E-state index contributed by atoms with van der Waals surface area (Å²) in [5, 5.41) is 12.7. The van der Waals surface area contributed by atoms with E-state index in [4.69, 9.17) is 9.47 Å². The highest BCUT2D eigenvalue weighted by Gasteiger charge is 2.34. The standard InChI is InChI=1S/C31H33FN4O5/c1-20-17-36(21(2)19-37)30(38)27-14-23(9-8-22-10-12-24(32)13-11-22)16-33-29(27)41-28(20)18-35(3)31(39)34-25-6-5-7-26(15-25)40-4/h5-7,10-16,20-21,28,37H,17-19H2,1-4H3,(H,34,39)/t20-,21+,28-/m0/s1. The number of pyridine rings is 1. The summed E-state index contributed by atoms with van der Waals surface area (Å²) in [6.07, 6.45) is 0.991. The molecule has 2 N–H and O–H groups in total. The van der Waals surface area contributed by atoms with Gasteiger partial charge in [0.15, 0.2) is 0 Å². The Morgan fingerprint density at radius 1 is 1.24 bits per heavy atom. The summed E-state index contributed by atoms with van der Waals surface area (Å²) in [4.78, 5) is 34.1. The van der Waals surface area contributed by atoms with E-state index in [1.165, 1.54) is 23.2 Å². The zero-order valence-electron chi connectivity index (χ0n) is 23.4. The van der Waals surface area contributed by atoms with Gasteiger partial charge in [-0.05, 0) is 49.4 Å². The number of amides is 3. The van der Waals surface area contributed by atoms with Crippen molar-refractivity contribution < 1.29 is 28.6 Å². The lowest BCUT2D eigenvalue weighted by Gasteiger charge is -2.37. The molecule has 4 rings (SSSR count). The number of nitrogens with one attached hydrogen (secondary N) is 1. The van der Waals surface area contributed by atoms with Gasteiger partial charge in [0.2, 0.25) is 5.88 Å². The Bertz CT molecular complexity index is 1450. The highest BCUT2D eigenvalue weighted by Crippen LogP contribution is 2.27. The number of aliphatic hydroxyl groups is 1. The third kappa shape index (κ3) is 7.32. The van der Waals surface area contributed by atoms with Gasteiger partial charge in [-0.2, -0.15) is 0 Å². The molecular weight excluding hydrogens is 527 g/mol. The minimum atomic E-state index is -0.514. The number of methoxy groups -OCH3 is 1. The van der Waals surface area contributed by atoms with Crippen LogP contribution in [0.5, 0.6) is 11.6 Å². The van der Waals surface area contributed by atoms with Crippen molar-refractivity contribution in [2.24, 2.45) is 5.92 Å². The zero-order chi connectivity index (χ0) is 29.5. The summed E-state index contributed by atoms with van der Waals surface area (Å²) in [5.41, 5.74) is 1.88. The van der Waals surface area contributed by atoms with E-state index in [-0.39, 0.29) is 48.3 Å². The van der Waals surface area contributed by atoms with E-state index in [0.717, 1.165) is 0 Å². The lowest BCUT2D eigenvalue weighted by atomic mass is 10.00. The van der Waals surface area contributed by atoms with Crippen molar-refractivity contribution in [2.75, 3.05) is 39.2 Å². The highest BCUT2D eigenvalue weighted by atomic mass is 19.1. The van der Waals surface area contributed by atoms with E-state index in [1.54, 1.807) is 68.4 Å². The summed E-state index contributed by atoms with van der Waals surface area (Å²) in [6.45, 7) is 3.97. The van der Waals surface area contributed by atoms with E-state index < -0.39 is 12.1 Å². The number of ether oxygens (including phenoxy) is 2. The number of fused-ring (bicyclic) bond motifs is 1. The van der Waals surface area contributed by atoms with Crippen molar-refractivity contribution in [1.82, 2.24) is 14.8 Å². The molecule has 0 aliphatic carbocycles. The average molecular weight is 561 g/mol. The summed E-state index contributed by atoms with van der Waals surface area (Å²) in [5.74, 6) is 5.75. The molecule has 9 nitrogen and oxygen atoms in total. The SMILES string of the molecule is COc1cccc(NC(=O)N(C)C[C@@H]2Oc3ncc(C#Cc4ccc(F)cc4)cc3C(=O)N([C@H](C)CO)C[C@@H]2C)c1. The number of benzene rings is 2. The van der Waals surface area contributed by atoms with E-state index in [0.29, 0.717) is 29.1 Å². The number of urea groups is 1. The number of likely N-dealkylation sites (N-methyl/N-ethyl adjacent to an activating group) is 1. The molecule has 1 aliphatic rings. The number of rotatable bonds is 6. The Balaban J connectivity index is 1.59. The molecule has 2 aromatic carbocycles. The molecule has 214 valence electrons. The first-order chi connectivity index (χ1) is 19.7. The fraction of sp³-hybridized carbons (Fsp3) is 0.323. The lowest BCUT2D eigenvalue weighted by Crippen LogP contribution is -2.50. The number of aromatic nitrogens is 1. The third-order valence-corrected chi connectivity index (χ3v) is 6.84. The maximum atomic E-state index is 13.6. The van der Waals surface area contributed by atoms with Crippen molar-refractivity contribution >= 4 is 17.6 Å². The molecule has 1 aliphatic heterocycles. The van der Waals surface area contributed by atoms with Crippen molar-refractivity contribution in [1.29, 1.82) is 0 Å². The van der Waals surface area contributed by atoms with E-state index in [2.05, 4.69) is 22.1 Å². The van der Waals surface area contributed by atoms with Gasteiger partial charge in [0.05, 0.1) is 26.3 Å². The van der Waals surface area contributed by atoms with Crippen LogP contribution in [0.25, 0.3) is 0 Å². The minimum absolute atomic E-state index is 0.121. The fourth-order valence-electron chi connectivity index (χ4n) is 4.34. The van der Waals surface area contributed by atoms with Gasteiger partial charge in [-0.1, -0.05) is 24.8 Å². The van der Waals surface area contributed by atoms with Gasteiger partial charge in [0.25, 0.3) is 5.91 Å². The van der Waals surface area contributed by atoms with Crippen LogP contribution < -0.4 is 14.8 Å². The second-order valence-corrected chi connectivity index (χ2v) is 10.00. The number of aliphatic hydroxyl groups excluding tert-OH is 1. The van der Waals surface area contributed by atoms with Crippen molar-refractivity contribution in [2.45, 2.75) is 26.0 Å². The first-order valence-electron chi connectivity index (χ1n) is 13.2. The molecule has 0 bridgehead atoms. The van der Waals surface area contributed by atoms with Crippen LogP contribution in [-0.2, 0) is 0 Å². The van der Waals surface area contributed by atoms with Crippen LogP contribution in [0.3, 0.4) is 0 Å². The Hall–Kier alpha value is -4.62. The molecule has 2 heterocycles. The molecule has 0 unspecified atom stereocenters. The van der Waals surface area contributed by atoms with Crippen LogP contribution in [0.15, 0.2) is 60.8 Å². The van der Waals surface area contributed by atoms with E-state index in [1.807, 2.05) is 6.92 Å². The monoisotopic (exact) mass is 560 g/mol. The maximum absolute atomic E-state index is 13.6. The number of hydrogen-bond acceptors (Lipinski definition) is 6. The van der Waals surface area contributed by atoms with Crippen LogP contribution in [0.1, 0.15) is 35.3 Å². The van der Waals surface area contributed by atoms with Crippen molar-refractivity contribution in [3.63, 3.8) is 0 Å². The van der Waals surface area contributed by atoms with Crippen LogP contribution in [0, 0.1) is 23.6 Å². The molecule has 0 fully saturated rings. The number of hydrogen-bond donors (Lipinski definition) is 2. The van der Waals surface area contributed by atoms with Crippen LogP contribution in [-0.4, -0.2) is 77.8 Å². The van der Waals surface area contributed by atoms with Gasteiger partial charge in [0.1, 0.15) is 23.2 Å². The Kier molecular flexibility index (Phi) is 9.42. The summed E-state index contributed by atoms with van der Waals surface area (Å²) in [6, 6.07) is 13.6. The van der Waals surface area contributed by atoms with Crippen LogP contribution in [0.4, 0.5) is 14.9 Å². The molecule has 0 saturated heterocycles. The highest BCUT2D eigenvalue weighted by molar-refractivity contribution is 5.97. The van der Waals surface area contributed by atoms with E-state index in [9.17, 15) is 19.1 Å². The van der Waals surface area contributed by atoms with Crippen molar-refractivity contribution in [3.8, 4) is 23.5 Å². The van der Waals surface area contributed by atoms with Gasteiger partial charge in [-0.25, -0.2) is 14.2 Å². The average Bonchev–Trinajstić information content (AvgIpc) is 2.98. The number of halogens is 1. The van der Waals surface area contributed by atoms with Gasteiger partial charge < -0.3 is 29.7 Å². The molecule has 0 radical (unpaired) electrons. The van der Waals surface area contributed by atoms with Crippen LogP contribution in [0.2, 0.25) is 0 Å². The molecule has 3 amide bonds. The number of carbonyl (C=O) groups is 2. The van der Waals surface area contributed by atoms with Crippen molar-refractivity contribution in [3.05, 3.63) is 83.3 Å². The number of carbonyl (C=O) groups excluding carboxylic acids is 2. The van der Waals surface area contributed by atoms with Gasteiger partial charge >= 0.3 is 6.03 Å². The summed E-state index contributed by atoms with van der Waals surface area (Å²) < 4.78 is 24.7. The van der Waals surface area contributed by atoms with Gasteiger partial charge in [0, 0.05) is 48.6 Å². The fourth-order valence-corrected chi connectivity index (χ4v) is 4.34. The predicted molar refractivity (Wildman–Crippen MR) is 152 cm³/mol. The maximum Gasteiger partial charge on any atom is 0.321 e. The molecule has 3 aromatic rings. The zero-order valence-corrected chi connectivity index (χ0v) is 23.4. The topological polar surface area (TPSA) is 104 Å². The lowest BCUT2D eigenvalue weighted by molar-refractivity contribution is 0.0356. The first kappa shape index (κ1) is 29.4. The summed E-state index contributed by atoms with van der Waals surface area (Å²) >= 11 is 0. The smallest absolute Gasteiger partial charge is 0.321 e. The number of anilines is 1. The molecule has 0 spiro atoms. The first-order valence-corrected chi connectivity index (χ1v) is 13.2. The normalized spacial score (nSPS) is 17.1. The molecule has 10 heteroatoms. The summed E-state index contributed by atoms with van der Waals surface area (Å²) in [7, 11) is 3.21. The largest absolute Gasteiger partial charge is 0.497 e. The third-order valence-electron chi connectivity index (χ3n) is 6.84. The van der Waals surface area contributed by atoms with Crippen LogP contribution >= 0.6 is 0 Å².